The number of quaternary nitrogens is 1. The lowest BCUT2D eigenvalue weighted by atomic mass is 9.94. The van der Waals surface area contributed by atoms with Gasteiger partial charge in [0.05, 0.1) is 19.6 Å². The van der Waals surface area contributed by atoms with Gasteiger partial charge in [0, 0.05) is 0 Å². The van der Waals surface area contributed by atoms with Gasteiger partial charge in [-0.05, 0) is 31.6 Å². The van der Waals surface area contributed by atoms with Crippen LogP contribution in [0.4, 0.5) is 0 Å². The third-order valence-electron chi connectivity index (χ3n) is 4.02. The first-order chi connectivity index (χ1) is 8.36. The van der Waals surface area contributed by atoms with Gasteiger partial charge in [-0.3, -0.25) is 0 Å². The average molecular weight is 238 g/mol. The minimum atomic E-state index is 1.05. The number of hydrogen-bond acceptors (Lipinski definition) is 1. The Kier molecular flexibility index (Phi) is 11.5. The van der Waals surface area contributed by atoms with Crippen LogP contribution in [-0.2, 0) is 0 Å². The molecule has 0 spiro atoms. The van der Waals surface area contributed by atoms with Crippen molar-refractivity contribution in [3.05, 3.63) is 6.57 Å². The van der Waals surface area contributed by atoms with E-state index in [-0.39, 0.29) is 0 Å². The number of likely N-dealkylation sites (tertiary alicyclic amines) is 1. The smallest absolute Gasteiger partial charge is 0.0773 e. The molecule has 0 saturated carbocycles. The van der Waals surface area contributed by atoms with Gasteiger partial charge in [-0.15, -0.1) is 0 Å². The van der Waals surface area contributed by atoms with E-state index in [2.05, 4.69) is 13.8 Å². The molecule has 1 heterocycles. The monoisotopic (exact) mass is 238 g/mol. The van der Waals surface area contributed by atoms with E-state index in [0.29, 0.717) is 0 Å². The molecule has 1 aliphatic rings. The molecule has 0 aromatic carbocycles. The van der Waals surface area contributed by atoms with E-state index in [1.807, 2.05) is 4.90 Å². The highest BCUT2D eigenvalue weighted by Gasteiger charge is 2.19. The standard InChI is InChI=1S/C14H29N.CN/c1-3-5-6-7-8-11-15-12-9-14(4-2)10-13-15;1-2/h14H,3-13H2,1-2H3;/q;-1/p+1. The van der Waals surface area contributed by atoms with Crippen LogP contribution in [-0.4, -0.2) is 19.6 Å². The largest absolute Gasteiger partial charge is 0.512 e. The van der Waals surface area contributed by atoms with Gasteiger partial charge in [0.1, 0.15) is 0 Å². The van der Waals surface area contributed by atoms with Crippen LogP contribution < -0.4 is 4.90 Å². The zero-order valence-corrected chi connectivity index (χ0v) is 11.8. The van der Waals surface area contributed by atoms with Crippen molar-refractivity contribution in [1.29, 1.82) is 5.26 Å². The maximum Gasteiger partial charge on any atom is 0.0773 e. The van der Waals surface area contributed by atoms with Crippen molar-refractivity contribution in [3.63, 3.8) is 0 Å². The molecule has 1 aliphatic heterocycles. The topological polar surface area (TPSA) is 28.2 Å². The van der Waals surface area contributed by atoms with Crippen LogP contribution in [0.25, 0.3) is 0 Å². The summed E-state index contributed by atoms with van der Waals surface area (Å²) in [4.78, 5) is 1.89. The molecule has 0 radical (unpaired) electrons. The summed E-state index contributed by atoms with van der Waals surface area (Å²) < 4.78 is 0. The van der Waals surface area contributed by atoms with Crippen molar-refractivity contribution in [2.75, 3.05) is 19.6 Å². The van der Waals surface area contributed by atoms with Crippen LogP contribution in [0.1, 0.15) is 65.2 Å². The summed E-state index contributed by atoms with van der Waals surface area (Å²) in [6, 6.07) is 0. The molecular formula is C15H30N2. The zero-order chi connectivity index (χ0) is 12.9. The lowest BCUT2D eigenvalue weighted by Gasteiger charge is -2.28. The third-order valence-corrected chi connectivity index (χ3v) is 4.02. The number of rotatable bonds is 7. The molecule has 0 atom stereocenters. The number of unbranched alkanes of at least 4 members (excludes halogenated alkanes) is 4. The van der Waals surface area contributed by atoms with Gasteiger partial charge in [-0.2, -0.15) is 0 Å². The Labute approximate surface area is 108 Å². The van der Waals surface area contributed by atoms with Crippen LogP contribution >= 0.6 is 0 Å². The van der Waals surface area contributed by atoms with Crippen molar-refractivity contribution in [3.8, 4) is 0 Å². The second kappa shape index (κ2) is 11.9. The number of piperidine rings is 1. The molecule has 17 heavy (non-hydrogen) atoms. The Bertz CT molecular complexity index is 169. The van der Waals surface area contributed by atoms with Crippen molar-refractivity contribution >= 4 is 0 Å². The van der Waals surface area contributed by atoms with E-state index in [4.69, 9.17) is 11.8 Å². The molecule has 2 heteroatoms. The molecule has 0 bridgehead atoms. The molecule has 1 fully saturated rings. The van der Waals surface area contributed by atoms with E-state index < -0.39 is 0 Å². The lowest BCUT2D eigenvalue weighted by Crippen LogP contribution is -3.13. The first-order valence-corrected chi connectivity index (χ1v) is 7.42. The normalized spacial score (nSPS) is 23.8. The predicted molar refractivity (Wildman–Crippen MR) is 72.3 cm³/mol. The summed E-state index contributed by atoms with van der Waals surface area (Å²) in [7, 11) is 0. The van der Waals surface area contributed by atoms with Crippen molar-refractivity contribution in [2.24, 2.45) is 5.92 Å². The first-order valence-electron chi connectivity index (χ1n) is 7.42. The zero-order valence-electron chi connectivity index (χ0n) is 11.8. The number of hydrogen-bond donors (Lipinski definition) is 1. The highest BCUT2D eigenvalue weighted by Crippen LogP contribution is 2.12. The third kappa shape index (κ3) is 8.21. The van der Waals surface area contributed by atoms with Crippen molar-refractivity contribution in [1.82, 2.24) is 0 Å². The summed E-state index contributed by atoms with van der Waals surface area (Å²) in [6.07, 6.45) is 11.6. The highest BCUT2D eigenvalue weighted by atomic mass is 15.1. The summed E-state index contributed by atoms with van der Waals surface area (Å²) in [6.45, 7) is 13.7. The van der Waals surface area contributed by atoms with Crippen LogP contribution in [0.15, 0.2) is 0 Å². The van der Waals surface area contributed by atoms with E-state index in [0.717, 1.165) is 5.92 Å². The summed E-state index contributed by atoms with van der Waals surface area (Å²) in [5, 5.41) is 6.25. The molecule has 100 valence electrons. The second-order valence-electron chi connectivity index (χ2n) is 5.27. The molecule has 0 aromatic heterocycles. The minimum absolute atomic E-state index is 1.05. The van der Waals surface area contributed by atoms with Crippen LogP contribution in [0, 0.1) is 17.8 Å². The van der Waals surface area contributed by atoms with Gasteiger partial charge in [0.2, 0.25) is 0 Å². The van der Waals surface area contributed by atoms with Gasteiger partial charge in [0.25, 0.3) is 0 Å². The van der Waals surface area contributed by atoms with Crippen LogP contribution in [0.5, 0.6) is 0 Å². The highest BCUT2D eigenvalue weighted by molar-refractivity contribution is 4.59. The molecule has 2 nitrogen and oxygen atoms in total. The molecule has 0 aliphatic carbocycles. The quantitative estimate of drug-likeness (QED) is 0.536. The predicted octanol–water partition coefficient (Wildman–Crippen LogP) is 2.76. The SMILES string of the molecule is CCCCCCC[NH+]1CCC(CC)CC1.[C-]#N. The maximum atomic E-state index is 6.25. The summed E-state index contributed by atoms with van der Waals surface area (Å²) in [5.74, 6) is 1.05. The average Bonchev–Trinajstić information content (AvgIpc) is 2.41. The van der Waals surface area contributed by atoms with Gasteiger partial charge in [-0.1, -0.05) is 39.5 Å². The molecule has 0 unspecified atom stereocenters. The minimum Gasteiger partial charge on any atom is -0.512 e. The van der Waals surface area contributed by atoms with Gasteiger partial charge >= 0.3 is 0 Å². The Morgan fingerprint density at radius 3 is 2.12 bits per heavy atom. The van der Waals surface area contributed by atoms with Crippen LogP contribution in [0.3, 0.4) is 0 Å². The molecule has 1 saturated heterocycles. The van der Waals surface area contributed by atoms with E-state index >= 15 is 0 Å². The van der Waals surface area contributed by atoms with Gasteiger partial charge < -0.3 is 16.7 Å². The van der Waals surface area contributed by atoms with Crippen molar-refractivity contribution in [2.45, 2.75) is 65.2 Å². The Balaban J connectivity index is 0.00000121. The van der Waals surface area contributed by atoms with Gasteiger partial charge in [-0.25, -0.2) is 0 Å². The fourth-order valence-corrected chi connectivity index (χ4v) is 2.72. The Hall–Kier alpha value is -0.550. The molecule has 1 N–H and O–H groups in total. The van der Waals surface area contributed by atoms with Gasteiger partial charge in [0.15, 0.2) is 0 Å². The van der Waals surface area contributed by atoms with Crippen molar-refractivity contribution < 1.29 is 4.90 Å². The van der Waals surface area contributed by atoms with Crippen LogP contribution in [0.2, 0.25) is 0 Å². The Morgan fingerprint density at radius 1 is 1.00 bits per heavy atom. The molecule has 0 amide bonds. The Morgan fingerprint density at radius 2 is 1.59 bits per heavy atom. The molecule has 0 aromatic rings. The van der Waals surface area contributed by atoms with E-state index in [1.54, 1.807) is 0 Å². The lowest BCUT2D eigenvalue weighted by molar-refractivity contribution is -0.906. The summed E-state index contributed by atoms with van der Waals surface area (Å²) >= 11 is 0. The first kappa shape index (κ1) is 16.4. The molecular weight excluding hydrogens is 208 g/mol. The van der Waals surface area contributed by atoms with E-state index in [9.17, 15) is 0 Å². The molecule has 1 rings (SSSR count). The number of nitrogens with zero attached hydrogens (tertiary/aromatic N) is 1. The summed E-state index contributed by atoms with van der Waals surface area (Å²) in [5.41, 5.74) is 0. The maximum absolute atomic E-state index is 6.25. The fourth-order valence-electron chi connectivity index (χ4n) is 2.72. The van der Waals surface area contributed by atoms with E-state index in [1.165, 1.54) is 71.0 Å². The number of nitrogens with one attached hydrogen (secondary N) is 1. The fraction of sp³-hybridized carbons (Fsp3) is 0.933. The second-order valence-corrected chi connectivity index (χ2v) is 5.27.